The van der Waals surface area contributed by atoms with Gasteiger partial charge in [0.1, 0.15) is 5.60 Å². The van der Waals surface area contributed by atoms with E-state index in [0.717, 1.165) is 24.9 Å². The molecule has 2 aliphatic rings. The molecule has 1 aliphatic heterocycles. The highest BCUT2D eigenvalue weighted by Crippen LogP contribution is 2.47. The van der Waals surface area contributed by atoms with Gasteiger partial charge in [0.15, 0.2) is 0 Å². The molecule has 1 aliphatic carbocycles. The summed E-state index contributed by atoms with van der Waals surface area (Å²) in [6.45, 7) is 7.07. The number of carbonyl (C=O) groups excluding carboxylic acids is 1. The second-order valence-electron chi connectivity index (χ2n) is 7.89. The van der Waals surface area contributed by atoms with Gasteiger partial charge in [0, 0.05) is 18.5 Å². The van der Waals surface area contributed by atoms with Crippen molar-refractivity contribution in [3.63, 3.8) is 0 Å². The van der Waals surface area contributed by atoms with Crippen molar-refractivity contribution in [1.82, 2.24) is 0 Å². The van der Waals surface area contributed by atoms with Crippen LogP contribution in [0.5, 0.6) is 0 Å². The van der Waals surface area contributed by atoms with E-state index in [0.29, 0.717) is 13.1 Å². The maximum atomic E-state index is 12.7. The molecule has 0 unspecified atom stereocenters. The lowest BCUT2D eigenvalue weighted by Crippen LogP contribution is -2.38. The molecule has 3 rings (SSSR count). The van der Waals surface area contributed by atoms with Gasteiger partial charge in [-0.2, -0.15) is 0 Å². The number of anilines is 1. The maximum Gasteiger partial charge on any atom is 0.414 e. The van der Waals surface area contributed by atoms with Gasteiger partial charge in [0.05, 0.1) is 5.69 Å². The lowest BCUT2D eigenvalue weighted by atomic mass is 9.77. The Bertz CT molecular complexity index is 598. The number of ether oxygens (including phenoxy) is 1. The van der Waals surface area contributed by atoms with Crippen LogP contribution in [-0.2, 0) is 16.6 Å². The Morgan fingerprint density at radius 1 is 1.30 bits per heavy atom. The zero-order valence-corrected chi connectivity index (χ0v) is 14.5. The monoisotopic (exact) mass is 316 g/mol. The first kappa shape index (κ1) is 16.3. The van der Waals surface area contributed by atoms with Gasteiger partial charge in [0.2, 0.25) is 0 Å². The topological polar surface area (TPSA) is 55.6 Å². The SMILES string of the molecule is CC(C)(C)OC(=O)N1CCc2cccc(C3(CN)CCCC3)c21. The average molecular weight is 316 g/mol. The molecule has 1 aromatic carbocycles. The smallest absolute Gasteiger partial charge is 0.414 e. The van der Waals surface area contributed by atoms with Gasteiger partial charge >= 0.3 is 6.09 Å². The summed E-state index contributed by atoms with van der Waals surface area (Å²) >= 11 is 0. The Kier molecular flexibility index (Phi) is 4.13. The van der Waals surface area contributed by atoms with Gasteiger partial charge in [-0.3, -0.25) is 4.90 Å². The highest BCUT2D eigenvalue weighted by Gasteiger charge is 2.40. The molecule has 2 N–H and O–H groups in total. The van der Waals surface area contributed by atoms with Gasteiger partial charge in [0.25, 0.3) is 0 Å². The van der Waals surface area contributed by atoms with Gasteiger partial charge in [-0.1, -0.05) is 31.0 Å². The van der Waals surface area contributed by atoms with Crippen LogP contribution in [0.1, 0.15) is 57.6 Å². The Morgan fingerprint density at radius 2 is 2.00 bits per heavy atom. The minimum atomic E-state index is -0.478. The van der Waals surface area contributed by atoms with Crippen molar-refractivity contribution in [3.05, 3.63) is 29.3 Å². The number of amides is 1. The first-order valence-corrected chi connectivity index (χ1v) is 8.69. The third-order valence-electron chi connectivity index (χ3n) is 5.13. The van der Waals surface area contributed by atoms with Crippen molar-refractivity contribution >= 4 is 11.8 Å². The second-order valence-corrected chi connectivity index (χ2v) is 7.89. The summed E-state index contributed by atoms with van der Waals surface area (Å²) in [5.41, 5.74) is 9.28. The molecular weight excluding hydrogens is 288 g/mol. The number of hydrogen-bond donors (Lipinski definition) is 1. The average Bonchev–Trinajstić information content (AvgIpc) is 3.12. The van der Waals surface area contributed by atoms with Crippen LogP contribution in [0.25, 0.3) is 0 Å². The largest absolute Gasteiger partial charge is 0.443 e. The number of hydrogen-bond acceptors (Lipinski definition) is 3. The molecule has 1 fully saturated rings. The fourth-order valence-corrected chi connectivity index (χ4v) is 4.02. The third kappa shape index (κ3) is 2.97. The molecule has 0 atom stereocenters. The number of fused-ring (bicyclic) bond motifs is 1. The second kappa shape index (κ2) is 5.82. The van der Waals surface area contributed by atoms with E-state index in [1.807, 2.05) is 25.7 Å². The Labute approximate surface area is 139 Å². The third-order valence-corrected chi connectivity index (χ3v) is 5.13. The Hall–Kier alpha value is -1.55. The first-order chi connectivity index (χ1) is 10.9. The van der Waals surface area contributed by atoms with Crippen molar-refractivity contribution in [1.29, 1.82) is 0 Å². The normalized spacial score (nSPS) is 19.7. The van der Waals surface area contributed by atoms with E-state index in [-0.39, 0.29) is 11.5 Å². The summed E-state index contributed by atoms with van der Waals surface area (Å²) in [6, 6.07) is 6.41. The number of benzene rings is 1. The Balaban J connectivity index is 2.00. The van der Waals surface area contributed by atoms with E-state index in [2.05, 4.69) is 18.2 Å². The molecule has 1 saturated carbocycles. The van der Waals surface area contributed by atoms with Crippen LogP contribution in [0.4, 0.5) is 10.5 Å². The molecule has 4 heteroatoms. The lowest BCUT2D eigenvalue weighted by molar-refractivity contribution is 0.0583. The van der Waals surface area contributed by atoms with Gasteiger partial charge in [-0.15, -0.1) is 0 Å². The quantitative estimate of drug-likeness (QED) is 0.904. The van der Waals surface area contributed by atoms with Gasteiger partial charge in [-0.05, 0) is 51.2 Å². The zero-order valence-electron chi connectivity index (χ0n) is 14.5. The molecule has 1 aromatic rings. The molecule has 1 heterocycles. The zero-order chi connectivity index (χ0) is 16.7. The van der Waals surface area contributed by atoms with Crippen LogP contribution in [0.2, 0.25) is 0 Å². The van der Waals surface area contributed by atoms with Gasteiger partial charge < -0.3 is 10.5 Å². The molecule has 23 heavy (non-hydrogen) atoms. The summed E-state index contributed by atoms with van der Waals surface area (Å²) in [5, 5.41) is 0. The molecule has 0 bridgehead atoms. The van der Waals surface area contributed by atoms with Crippen molar-refractivity contribution in [2.45, 2.75) is 63.9 Å². The first-order valence-electron chi connectivity index (χ1n) is 8.69. The summed E-state index contributed by atoms with van der Waals surface area (Å²) < 4.78 is 5.62. The minimum absolute atomic E-state index is 0.0238. The van der Waals surface area contributed by atoms with Crippen molar-refractivity contribution in [3.8, 4) is 0 Å². The molecule has 0 radical (unpaired) electrons. The van der Waals surface area contributed by atoms with Crippen LogP contribution >= 0.6 is 0 Å². The van der Waals surface area contributed by atoms with E-state index in [4.69, 9.17) is 10.5 Å². The number of carbonyl (C=O) groups is 1. The summed E-state index contributed by atoms with van der Waals surface area (Å²) in [6.07, 6.45) is 5.31. The molecule has 0 saturated heterocycles. The van der Waals surface area contributed by atoms with Crippen molar-refractivity contribution in [2.75, 3.05) is 18.0 Å². The number of para-hydroxylation sites is 1. The standard InChI is InChI=1S/C19H28N2O2/c1-18(2,3)23-17(22)21-12-9-14-7-6-8-15(16(14)21)19(13-20)10-4-5-11-19/h6-8H,4-5,9-13,20H2,1-3H3. The molecule has 0 aromatic heterocycles. The van der Waals surface area contributed by atoms with E-state index < -0.39 is 5.60 Å². The number of rotatable bonds is 2. The maximum absolute atomic E-state index is 12.7. The van der Waals surface area contributed by atoms with E-state index in [1.54, 1.807) is 0 Å². The summed E-state index contributed by atoms with van der Waals surface area (Å²) in [4.78, 5) is 14.5. The number of nitrogens with two attached hydrogens (primary N) is 1. The van der Waals surface area contributed by atoms with Gasteiger partial charge in [-0.25, -0.2) is 4.79 Å². The highest BCUT2D eigenvalue weighted by atomic mass is 16.6. The van der Waals surface area contributed by atoms with Crippen LogP contribution in [0, 0.1) is 0 Å². The number of nitrogens with zero attached hydrogens (tertiary/aromatic N) is 1. The van der Waals surface area contributed by atoms with E-state index in [9.17, 15) is 4.79 Å². The van der Waals surface area contributed by atoms with Crippen LogP contribution in [-0.4, -0.2) is 24.8 Å². The molecule has 1 amide bonds. The van der Waals surface area contributed by atoms with Crippen LogP contribution in [0.15, 0.2) is 18.2 Å². The summed E-state index contributed by atoms with van der Waals surface area (Å²) in [5.74, 6) is 0. The Morgan fingerprint density at radius 3 is 2.61 bits per heavy atom. The molecule has 126 valence electrons. The fourth-order valence-electron chi connectivity index (χ4n) is 4.02. The minimum Gasteiger partial charge on any atom is -0.443 e. The predicted octanol–water partition coefficient (Wildman–Crippen LogP) is 3.75. The molecule has 4 nitrogen and oxygen atoms in total. The van der Waals surface area contributed by atoms with Crippen LogP contribution < -0.4 is 10.6 Å². The molecule has 0 spiro atoms. The van der Waals surface area contributed by atoms with Crippen molar-refractivity contribution < 1.29 is 9.53 Å². The molecular formula is C19H28N2O2. The van der Waals surface area contributed by atoms with Crippen LogP contribution in [0.3, 0.4) is 0 Å². The van der Waals surface area contributed by atoms with Crippen molar-refractivity contribution in [2.24, 2.45) is 5.73 Å². The highest BCUT2D eigenvalue weighted by molar-refractivity contribution is 5.92. The summed E-state index contributed by atoms with van der Waals surface area (Å²) in [7, 11) is 0. The van der Waals surface area contributed by atoms with E-state index in [1.165, 1.54) is 24.0 Å². The predicted molar refractivity (Wildman–Crippen MR) is 92.9 cm³/mol. The fraction of sp³-hybridized carbons (Fsp3) is 0.632. The lowest BCUT2D eigenvalue weighted by Gasteiger charge is -2.33. The van der Waals surface area contributed by atoms with E-state index >= 15 is 0 Å².